The Morgan fingerprint density at radius 3 is 2.77 bits per heavy atom. The van der Waals surface area contributed by atoms with E-state index in [9.17, 15) is 9.59 Å². The fraction of sp³-hybridized carbons (Fsp3) is 0.457. The van der Waals surface area contributed by atoms with E-state index in [1.54, 1.807) is 0 Å². The number of fused-ring (bicyclic) bond motifs is 1. The van der Waals surface area contributed by atoms with Gasteiger partial charge in [0.15, 0.2) is 0 Å². The molecule has 0 saturated carbocycles. The monoisotopic (exact) mass is 678 g/mol. The van der Waals surface area contributed by atoms with Crippen molar-refractivity contribution in [2.24, 2.45) is 5.73 Å². The highest BCUT2D eigenvalue weighted by atomic mass is 35.5. The van der Waals surface area contributed by atoms with Gasteiger partial charge in [-0.3, -0.25) is 19.2 Å². The lowest BCUT2D eigenvalue weighted by Gasteiger charge is -2.33. The van der Waals surface area contributed by atoms with Gasteiger partial charge >= 0.3 is 11.8 Å². The summed E-state index contributed by atoms with van der Waals surface area (Å²) >= 11 is 13.1. The minimum Gasteiger partial charge on any atom is -0.379 e. The SMILES string of the molecule is CC1COCCN1CCCn1nc(-c2ccc(Cl)c(C#Cc3ccc(Cl)c(COC4CCNC4)c3)c2)c2c1CCN(C(=O)C(N)=O)C2. The standard InChI is InChI=1S/C35H40Cl2N6O4/c1-23-21-46-16-15-41(23)12-2-13-43-32-10-14-42(35(45)34(38)44)20-29(32)33(40-43)26-6-8-30(36)25(18-26)5-3-24-4-7-31(37)27(17-24)22-47-28-9-11-39-19-28/h4,6-8,17-18,23,28,39H,2,9-16,19-22H2,1H3,(H2,38,44). The molecule has 10 nitrogen and oxygen atoms in total. The molecule has 2 atom stereocenters. The van der Waals surface area contributed by atoms with E-state index in [0.29, 0.717) is 41.2 Å². The zero-order valence-corrected chi connectivity index (χ0v) is 28.1. The molecule has 3 aliphatic heterocycles. The molecule has 3 aromatic rings. The summed E-state index contributed by atoms with van der Waals surface area (Å²) in [4.78, 5) is 28.3. The molecule has 6 rings (SSSR count). The van der Waals surface area contributed by atoms with Crippen molar-refractivity contribution in [1.82, 2.24) is 24.9 Å². The summed E-state index contributed by atoms with van der Waals surface area (Å²) in [6.45, 7) is 9.18. The summed E-state index contributed by atoms with van der Waals surface area (Å²) in [6.07, 6.45) is 2.67. The first-order chi connectivity index (χ1) is 22.8. The van der Waals surface area contributed by atoms with Crippen molar-refractivity contribution < 1.29 is 19.1 Å². The van der Waals surface area contributed by atoms with Crippen molar-refractivity contribution in [1.29, 1.82) is 0 Å². The van der Waals surface area contributed by atoms with Gasteiger partial charge in [0, 0.05) is 78.2 Å². The van der Waals surface area contributed by atoms with Crippen molar-refractivity contribution in [2.75, 3.05) is 45.9 Å². The van der Waals surface area contributed by atoms with E-state index in [2.05, 4.69) is 33.7 Å². The highest BCUT2D eigenvalue weighted by Gasteiger charge is 2.30. The smallest absolute Gasteiger partial charge is 0.311 e. The van der Waals surface area contributed by atoms with E-state index in [0.717, 1.165) is 92.4 Å². The van der Waals surface area contributed by atoms with Gasteiger partial charge in [-0.15, -0.1) is 0 Å². The van der Waals surface area contributed by atoms with Crippen LogP contribution in [-0.4, -0.2) is 89.5 Å². The van der Waals surface area contributed by atoms with Crippen LogP contribution in [0.4, 0.5) is 0 Å². The van der Waals surface area contributed by atoms with Crippen LogP contribution in [0.5, 0.6) is 0 Å². The molecule has 2 saturated heterocycles. The lowest BCUT2D eigenvalue weighted by Crippen LogP contribution is -2.44. The van der Waals surface area contributed by atoms with Gasteiger partial charge in [0.05, 0.1) is 43.2 Å². The average Bonchev–Trinajstić information content (AvgIpc) is 3.73. The predicted molar refractivity (Wildman–Crippen MR) is 181 cm³/mol. The number of carbonyl (C=O) groups is 2. The van der Waals surface area contributed by atoms with E-state index in [1.807, 2.05) is 36.4 Å². The maximum absolute atomic E-state index is 12.6. The molecular weight excluding hydrogens is 639 g/mol. The Morgan fingerprint density at radius 1 is 1.13 bits per heavy atom. The number of hydrogen-bond donors (Lipinski definition) is 2. The predicted octanol–water partition coefficient (Wildman–Crippen LogP) is 3.62. The number of amides is 2. The first kappa shape index (κ1) is 33.5. The third-order valence-corrected chi connectivity index (χ3v) is 9.77. The number of aromatic nitrogens is 2. The van der Waals surface area contributed by atoms with Crippen molar-refractivity contribution in [3.05, 3.63) is 74.4 Å². The van der Waals surface area contributed by atoms with Crippen molar-refractivity contribution in [3.63, 3.8) is 0 Å². The normalized spacial score (nSPS) is 19.7. The zero-order chi connectivity index (χ0) is 32.9. The van der Waals surface area contributed by atoms with E-state index in [4.69, 9.17) is 43.5 Å². The van der Waals surface area contributed by atoms with Gasteiger partial charge < -0.3 is 25.4 Å². The summed E-state index contributed by atoms with van der Waals surface area (Å²) in [7, 11) is 0. The highest BCUT2D eigenvalue weighted by molar-refractivity contribution is 6.34. The number of benzene rings is 2. The van der Waals surface area contributed by atoms with Crippen LogP contribution in [-0.2, 0) is 45.2 Å². The van der Waals surface area contributed by atoms with Crippen molar-refractivity contribution in [2.45, 2.75) is 58.0 Å². The molecule has 0 aliphatic carbocycles. The van der Waals surface area contributed by atoms with Crippen molar-refractivity contribution >= 4 is 35.0 Å². The Bertz CT molecular complexity index is 1690. The summed E-state index contributed by atoms with van der Waals surface area (Å²) in [5.74, 6) is 4.82. The minimum absolute atomic E-state index is 0.186. The molecular formula is C35H40Cl2N6O4. The molecule has 3 N–H and O–H groups in total. The van der Waals surface area contributed by atoms with Crippen LogP contribution in [0.2, 0.25) is 10.0 Å². The molecule has 4 heterocycles. The lowest BCUT2D eigenvalue weighted by molar-refractivity contribution is -0.144. The Balaban J connectivity index is 1.25. The number of nitrogens with two attached hydrogens (primary N) is 1. The number of ether oxygens (including phenoxy) is 2. The van der Waals surface area contributed by atoms with Gasteiger partial charge in [-0.25, -0.2) is 0 Å². The zero-order valence-electron chi connectivity index (χ0n) is 26.6. The fourth-order valence-electron chi connectivity index (χ4n) is 6.40. The van der Waals surface area contributed by atoms with Gasteiger partial charge in [0.1, 0.15) is 0 Å². The molecule has 2 unspecified atom stereocenters. The first-order valence-electron chi connectivity index (χ1n) is 16.2. The molecule has 0 spiro atoms. The van der Waals surface area contributed by atoms with Crippen LogP contribution in [0.25, 0.3) is 11.3 Å². The molecule has 3 aliphatic rings. The average molecular weight is 680 g/mol. The fourth-order valence-corrected chi connectivity index (χ4v) is 6.74. The molecule has 248 valence electrons. The van der Waals surface area contributed by atoms with Crippen LogP contribution < -0.4 is 11.1 Å². The molecule has 0 radical (unpaired) electrons. The van der Waals surface area contributed by atoms with Gasteiger partial charge in [-0.2, -0.15) is 5.10 Å². The Morgan fingerprint density at radius 2 is 1.98 bits per heavy atom. The quantitative estimate of drug-likeness (QED) is 0.276. The molecule has 12 heteroatoms. The molecule has 2 fully saturated rings. The number of hydrogen-bond acceptors (Lipinski definition) is 7. The third kappa shape index (κ3) is 8.00. The number of nitrogens with one attached hydrogen (secondary N) is 1. The molecule has 2 aromatic carbocycles. The molecule has 1 aromatic heterocycles. The second-order valence-electron chi connectivity index (χ2n) is 12.3. The van der Waals surface area contributed by atoms with Crippen LogP contribution >= 0.6 is 23.2 Å². The van der Waals surface area contributed by atoms with Gasteiger partial charge in [0.25, 0.3) is 0 Å². The number of rotatable bonds is 8. The number of aryl methyl sites for hydroxylation is 1. The van der Waals surface area contributed by atoms with Gasteiger partial charge in [-0.05, 0) is 62.2 Å². The molecule has 2 amide bonds. The van der Waals surface area contributed by atoms with Crippen LogP contribution in [0.15, 0.2) is 36.4 Å². The molecule has 47 heavy (non-hydrogen) atoms. The largest absolute Gasteiger partial charge is 0.379 e. The second kappa shape index (κ2) is 15.2. The van der Waals surface area contributed by atoms with E-state index in [1.165, 1.54) is 4.90 Å². The number of halogens is 2. The maximum atomic E-state index is 12.6. The molecule has 0 bridgehead atoms. The Hall–Kier alpha value is -3.43. The van der Waals surface area contributed by atoms with Crippen LogP contribution in [0.1, 0.15) is 47.7 Å². The lowest BCUT2D eigenvalue weighted by atomic mass is 9.99. The van der Waals surface area contributed by atoms with E-state index < -0.39 is 11.8 Å². The van der Waals surface area contributed by atoms with Crippen molar-refractivity contribution in [3.8, 4) is 23.1 Å². The first-order valence-corrected chi connectivity index (χ1v) is 16.9. The Labute approximate surface area is 285 Å². The van der Waals surface area contributed by atoms with Crippen LogP contribution in [0, 0.1) is 11.8 Å². The van der Waals surface area contributed by atoms with E-state index in [-0.39, 0.29) is 12.6 Å². The summed E-state index contributed by atoms with van der Waals surface area (Å²) < 4.78 is 13.7. The highest BCUT2D eigenvalue weighted by Crippen LogP contribution is 2.32. The number of carbonyl (C=O) groups excluding carboxylic acids is 2. The topological polar surface area (TPSA) is 115 Å². The third-order valence-electron chi connectivity index (χ3n) is 9.07. The summed E-state index contributed by atoms with van der Waals surface area (Å²) in [5, 5.41) is 9.53. The van der Waals surface area contributed by atoms with Gasteiger partial charge in [-0.1, -0.05) is 41.1 Å². The summed E-state index contributed by atoms with van der Waals surface area (Å²) in [5.41, 5.74) is 11.3. The second-order valence-corrected chi connectivity index (χ2v) is 13.1. The van der Waals surface area contributed by atoms with Crippen LogP contribution in [0.3, 0.4) is 0 Å². The summed E-state index contributed by atoms with van der Waals surface area (Å²) in [6, 6.07) is 11.7. The minimum atomic E-state index is -0.960. The van der Waals surface area contributed by atoms with Gasteiger partial charge in [0.2, 0.25) is 0 Å². The Kier molecular flexibility index (Phi) is 10.8. The number of morpholine rings is 1. The maximum Gasteiger partial charge on any atom is 0.311 e. The number of primary amides is 1. The number of nitrogens with zero attached hydrogens (tertiary/aromatic N) is 4. The van der Waals surface area contributed by atoms with E-state index >= 15 is 0 Å².